The average molecular weight is 430 g/mol. The van der Waals surface area contributed by atoms with Gasteiger partial charge in [-0.05, 0) is 49.7 Å². The minimum Gasteiger partial charge on any atom is -0.495 e. The number of thioether (sulfide) groups is 1. The van der Waals surface area contributed by atoms with Crippen LogP contribution < -0.4 is 15.6 Å². The summed E-state index contributed by atoms with van der Waals surface area (Å²) in [6.07, 6.45) is 0. The molecule has 29 heavy (non-hydrogen) atoms. The molecule has 3 aromatic rings. The van der Waals surface area contributed by atoms with Crippen molar-refractivity contribution in [1.82, 2.24) is 9.78 Å². The number of aryl methyl sites for hydroxylation is 1. The number of para-hydroxylation sites is 2. The van der Waals surface area contributed by atoms with Gasteiger partial charge >= 0.3 is 0 Å². The van der Waals surface area contributed by atoms with Gasteiger partial charge in [0, 0.05) is 11.1 Å². The van der Waals surface area contributed by atoms with Gasteiger partial charge in [0.15, 0.2) is 0 Å². The van der Waals surface area contributed by atoms with E-state index in [0.717, 1.165) is 5.56 Å². The molecule has 0 spiro atoms. The molecule has 0 radical (unpaired) electrons. The van der Waals surface area contributed by atoms with Crippen LogP contribution in [0.25, 0.3) is 5.69 Å². The summed E-state index contributed by atoms with van der Waals surface area (Å²) in [5.41, 5.74) is 1.80. The van der Waals surface area contributed by atoms with Crippen molar-refractivity contribution in [2.45, 2.75) is 24.1 Å². The minimum atomic E-state index is -0.444. The first-order valence-electron chi connectivity index (χ1n) is 8.86. The molecular weight excluding hydrogens is 410 g/mol. The van der Waals surface area contributed by atoms with E-state index in [1.54, 1.807) is 44.4 Å². The Bertz CT molecular complexity index is 1100. The molecule has 3 rings (SSSR count). The molecule has 1 aromatic heterocycles. The van der Waals surface area contributed by atoms with Crippen LogP contribution >= 0.6 is 23.4 Å². The number of halogens is 1. The molecule has 0 fully saturated rings. The normalized spacial score (nSPS) is 11.7. The van der Waals surface area contributed by atoms with Gasteiger partial charge in [0.05, 0.1) is 23.7 Å². The van der Waals surface area contributed by atoms with Crippen molar-refractivity contribution < 1.29 is 9.53 Å². The van der Waals surface area contributed by atoms with Crippen LogP contribution in [-0.4, -0.2) is 28.0 Å². The molecule has 1 amide bonds. The van der Waals surface area contributed by atoms with Crippen LogP contribution in [0.3, 0.4) is 0 Å². The number of hydrogen-bond donors (Lipinski definition) is 1. The van der Waals surface area contributed by atoms with Crippen LogP contribution in [0.5, 0.6) is 5.75 Å². The third-order valence-corrected chi connectivity index (χ3v) is 5.64. The number of carbonyl (C=O) groups is 1. The first kappa shape index (κ1) is 21.0. The second-order valence-corrected chi connectivity index (χ2v) is 8.07. The standard InChI is InChI=1S/C21H20ClN3O3S/c1-13-8-9-15(12-16(13)22)25-20(26)11-10-19(24-25)29-14(2)21(27)23-17-6-4-5-7-18(17)28-3/h4-12,14H,1-3H3,(H,23,27). The second-order valence-electron chi connectivity index (χ2n) is 6.30. The maximum Gasteiger partial charge on any atom is 0.271 e. The smallest absolute Gasteiger partial charge is 0.271 e. The van der Waals surface area contributed by atoms with Crippen molar-refractivity contribution >= 4 is 35.0 Å². The number of methoxy groups -OCH3 is 1. The Hall–Kier alpha value is -2.77. The Morgan fingerprint density at radius 1 is 1.21 bits per heavy atom. The first-order valence-corrected chi connectivity index (χ1v) is 10.1. The summed E-state index contributed by atoms with van der Waals surface area (Å²) in [7, 11) is 1.55. The molecule has 1 atom stereocenters. The highest BCUT2D eigenvalue weighted by molar-refractivity contribution is 8.00. The van der Waals surface area contributed by atoms with Crippen LogP contribution in [0.4, 0.5) is 5.69 Å². The van der Waals surface area contributed by atoms with Gasteiger partial charge in [-0.25, -0.2) is 0 Å². The van der Waals surface area contributed by atoms with E-state index in [9.17, 15) is 9.59 Å². The summed E-state index contributed by atoms with van der Waals surface area (Å²) in [5.74, 6) is 0.387. The number of hydrogen-bond acceptors (Lipinski definition) is 5. The lowest BCUT2D eigenvalue weighted by molar-refractivity contribution is -0.115. The van der Waals surface area contributed by atoms with Crippen molar-refractivity contribution in [1.29, 1.82) is 0 Å². The van der Waals surface area contributed by atoms with Gasteiger partial charge in [-0.15, -0.1) is 0 Å². The van der Waals surface area contributed by atoms with Gasteiger partial charge in [0.25, 0.3) is 5.56 Å². The molecule has 6 nitrogen and oxygen atoms in total. The van der Waals surface area contributed by atoms with Crippen molar-refractivity contribution in [2.24, 2.45) is 0 Å². The van der Waals surface area contributed by atoms with Crippen molar-refractivity contribution in [3.63, 3.8) is 0 Å². The van der Waals surface area contributed by atoms with Crippen LogP contribution in [-0.2, 0) is 4.79 Å². The molecule has 150 valence electrons. The molecule has 2 aromatic carbocycles. The Kier molecular flexibility index (Phi) is 6.61. The van der Waals surface area contributed by atoms with Gasteiger partial charge in [0.1, 0.15) is 10.8 Å². The lowest BCUT2D eigenvalue weighted by Gasteiger charge is -2.14. The Morgan fingerprint density at radius 2 is 1.97 bits per heavy atom. The Balaban J connectivity index is 1.78. The highest BCUT2D eigenvalue weighted by Gasteiger charge is 2.17. The molecule has 0 aliphatic carbocycles. The van der Waals surface area contributed by atoms with E-state index in [1.807, 2.05) is 25.1 Å². The summed E-state index contributed by atoms with van der Waals surface area (Å²) < 4.78 is 6.53. The van der Waals surface area contributed by atoms with E-state index in [-0.39, 0.29) is 11.5 Å². The Morgan fingerprint density at radius 3 is 2.69 bits per heavy atom. The number of amides is 1. The third kappa shape index (κ3) is 4.99. The van der Waals surface area contributed by atoms with Crippen LogP contribution in [0.1, 0.15) is 12.5 Å². The molecule has 0 aliphatic rings. The van der Waals surface area contributed by atoms with Crippen molar-refractivity contribution in [3.8, 4) is 11.4 Å². The number of benzene rings is 2. The zero-order valence-corrected chi connectivity index (χ0v) is 17.8. The van der Waals surface area contributed by atoms with Gasteiger partial charge in [-0.1, -0.05) is 41.6 Å². The van der Waals surface area contributed by atoms with E-state index in [1.165, 1.54) is 22.5 Å². The van der Waals surface area contributed by atoms with E-state index in [0.29, 0.717) is 27.2 Å². The lowest BCUT2D eigenvalue weighted by atomic mass is 10.2. The zero-order chi connectivity index (χ0) is 21.0. The van der Waals surface area contributed by atoms with Crippen LogP contribution in [0, 0.1) is 6.92 Å². The molecule has 0 bridgehead atoms. The van der Waals surface area contributed by atoms with Crippen molar-refractivity contribution in [2.75, 3.05) is 12.4 Å². The topological polar surface area (TPSA) is 73.2 Å². The summed E-state index contributed by atoms with van der Waals surface area (Å²) in [5, 5.41) is 7.89. The van der Waals surface area contributed by atoms with Crippen LogP contribution in [0.2, 0.25) is 5.02 Å². The highest BCUT2D eigenvalue weighted by Crippen LogP contribution is 2.26. The predicted molar refractivity (Wildman–Crippen MR) is 117 cm³/mol. The highest BCUT2D eigenvalue weighted by atomic mass is 35.5. The van der Waals surface area contributed by atoms with E-state index < -0.39 is 5.25 Å². The fraction of sp³-hybridized carbons (Fsp3) is 0.190. The monoisotopic (exact) mass is 429 g/mol. The number of nitrogens with one attached hydrogen (secondary N) is 1. The molecular formula is C21H20ClN3O3S. The maximum atomic E-state index is 12.6. The molecule has 1 N–H and O–H groups in total. The summed E-state index contributed by atoms with van der Waals surface area (Å²) in [6.45, 7) is 3.66. The van der Waals surface area contributed by atoms with Crippen molar-refractivity contribution in [3.05, 3.63) is 75.5 Å². The lowest BCUT2D eigenvalue weighted by Crippen LogP contribution is -2.24. The van der Waals surface area contributed by atoms with Gasteiger partial charge in [0.2, 0.25) is 5.91 Å². The summed E-state index contributed by atoms with van der Waals surface area (Å²) in [4.78, 5) is 24.8. The number of carbonyl (C=O) groups excluding carboxylic acids is 1. The van der Waals surface area contributed by atoms with E-state index in [2.05, 4.69) is 10.4 Å². The third-order valence-electron chi connectivity index (χ3n) is 4.21. The molecule has 1 heterocycles. The summed E-state index contributed by atoms with van der Waals surface area (Å²) in [6, 6.07) is 15.5. The number of ether oxygens (including phenoxy) is 1. The minimum absolute atomic E-state index is 0.197. The number of nitrogens with zero attached hydrogens (tertiary/aromatic N) is 2. The van der Waals surface area contributed by atoms with Gasteiger partial charge < -0.3 is 10.1 Å². The first-order chi connectivity index (χ1) is 13.9. The largest absolute Gasteiger partial charge is 0.495 e. The van der Waals surface area contributed by atoms with Gasteiger partial charge in [-0.3, -0.25) is 9.59 Å². The predicted octanol–water partition coefficient (Wildman–Crippen LogP) is 4.32. The number of rotatable bonds is 6. The van der Waals surface area contributed by atoms with E-state index >= 15 is 0 Å². The van der Waals surface area contributed by atoms with E-state index in [4.69, 9.17) is 16.3 Å². The Labute approximate surface area is 177 Å². The van der Waals surface area contributed by atoms with Crippen LogP contribution in [0.15, 0.2) is 64.4 Å². The SMILES string of the molecule is COc1ccccc1NC(=O)C(C)Sc1ccc(=O)n(-c2ccc(C)c(Cl)c2)n1. The molecule has 8 heteroatoms. The molecule has 0 saturated heterocycles. The summed E-state index contributed by atoms with van der Waals surface area (Å²) >= 11 is 7.42. The average Bonchev–Trinajstić information content (AvgIpc) is 2.72. The fourth-order valence-corrected chi connectivity index (χ4v) is 3.55. The quantitative estimate of drug-likeness (QED) is 0.590. The fourth-order valence-electron chi connectivity index (χ4n) is 2.57. The maximum absolute atomic E-state index is 12.6. The zero-order valence-electron chi connectivity index (χ0n) is 16.2. The van der Waals surface area contributed by atoms with Gasteiger partial charge in [-0.2, -0.15) is 9.78 Å². The number of aromatic nitrogens is 2. The molecule has 1 unspecified atom stereocenters. The molecule has 0 saturated carbocycles. The second kappa shape index (κ2) is 9.15. The number of anilines is 1. The molecule has 0 aliphatic heterocycles.